The van der Waals surface area contributed by atoms with Gasteiger partial charge < -0.3 is 25.7 Å². The number of hydrogen-bond donors (Lipinski definition) is 4. The molecule has 6 nitrogen and oxygen atoms in total. The Labute approximate surface area is 186 Å². The highest BCUT2D eigenvalue weighted by Gasteiger charge is 2.72. The zero-order valence-corrected chi connectivity index (χ0v) is 17.9. The molecule has 2 bridgehead atoms. The van der Waals surface area contributed by atoms with Crippen LogP contribution >= 0.6 is 0 Å². The van der Waals surface area contributed by atoms with Gasteiger partial charge >= 0.3 is 0 Å². The van der Waals surface area contributed by atoms with Crippen LogP contribution in [0.4, 0.5) is 5.69 Å². The lowest BCUT2D eigenvalue weighted by atomic mass is 9.49. The molecule has 3 heterocycles. The Balaban J connectivity index is 1.43. The van der Waals surface area contributed by atoms with Crippen molar-refractivity contribution in [3.05, 3.63) is 52.7 Å². The van der Waals surface area contributed by atoms with Gasteiger partial charge in [-0.15, -0.1) is 0 Å². The number of ether oxygens (including phenoxy) is 1. The van der Waals surface area contributed by atoms with Crippen LogP contribution in [0.15, 0.2) is 30.3 Å². The number of nitrogens with one attached hydrogen (secondary N) is 1. The van der Waals surface area contributed by atoms with Crippen LogP contribution < -0.4 is 10.5 Å². The largest absolute Gasteiger partial charge is 0.504 e. The molecular formula is C26H27N3O3. The standard InChI is InChI=1S/C26H27N3O3/c27-17-3-1-2-15-16-11-26(31)19-10-14-6-7-18(30)23-20(14)25(26,8-9-29(19)12-13-4-5-13)24(32-23)22(16)28-21(15)17/h1-3,6-7,13,19,24,28,30-31H,4-5,8-12,27H2/t19-,24+,25+,26-/m1/s1. The van der Waals surface area contributed by atoms with Crippen LogP contribution in [0.25, 0.3) is 10.9 Å². The number of hydrogen-bond acceptors (Lipinski definition) is 5. The first-order valence-corrected chi connectivity index (χ1v) is 11.9. The number of para-hydroxylation sites is 1. The number of benzene rings is 2. The van der Waals surface area contributed by atoms with E-state index in [1.807, 2.05) is 18.2 Å². The number of aromatic hydroxyl groups is 1. The van der Waals surface area contributed by atoms with E-state index in [0.29, 0.717) is 17.9 Å². The third kappa shape index (κ3) is 1.84. The molecule has 1 saturated carbocycles. The number of aromatic nitrogens is 1. The Bertz CT molecular complexity index is 1330. The van der Waals surface area contributed by atoms with Gasteiger partial charge in [0.2, 0.25) is 0 Å². The summed E-state index contributed by atoms with van der Waals surface area (Å²) in [6.07, 6.45) is 4.45. The maximum atomic E-state index is 12.8. The van der Waals surface area contributed by atoms with Crippen molar-refractivity contribution in [2.45, 2.75) is 55.3 Å². The number of nitrogens with two attached hydrogens (primary N) is 1. The van der Waals surface area contributed by atoms with E-state index < -0.39 is 11.0 Å². The minimum atomic E-state index is -0.955. The molecule has 1 spiro atoms. The number of phenols is 1. The van der Waals surface area contributed by atoms with Gasteiger partial charge in [-0.3, -0.25) is 4.90 Å². The molecule has 5 aliphatic rings. The van der Waals surface area contributed by atoms with Crippen LogP contribution in [0.2, 0.25) is 0 Å². The fourth-order valence-corrected chi connectivity index (χ4v) is 7.67. The number of nitrogens with zero attached hydrogens (tertiary/aromatic N) is 1. The number of nitrogen functional groups attached to an aromatic ring is 1. The van der Waals surface area contributed by atoms with E-state index in [2.05, 4.69) is 16.0 Å². The Hall–Kier alpha value is -2.70. The molecule has 32 heavy (non-hydrogen) atoms. The summed E-state index contributed by atoms with van der Waals surface area (Å²) in [6, 6.07) is 9.84. The summed E-state index contributed by atoms with van der Waals surface area (Å²) in [5.41, 5.74) is 10.8. The number of H-pyrrole nitrogens is 1. The van der Waals surface area contributed by atoms with Crippen LogP contribution in [0.1, 0.15) is 47.8 Å². The third-order valence-corrected chi connectivity index (χ3v) is 9.23. The van der Waals surface area contributed by atoms with Crippen molar-refractivity contribution < 1.29 is 14.9 Å². The average Bonchev–Trinajstić information content (AvgIpc) is 3.40. The number of anilines is 1. The fourth-order valence-electron chi connectivity index (χ4n) is 7.67. The fraction of sp³-hybridized carbons (Fsp3) is 0.462. The molecule has 4 atom stereocenters. The number of aliphatic hydroxyl groups is 1. The predicted octanol–water partition coefficient (Wildman–Crippen LogP) is 3.15. The van der Waals surface area contributed by atoms with Gasteiger partial charge in [0.25, 0.3) is 0 Å². The number of rotatable bonds is 2. The molecule has 0 radical (unpaired) electrons. The molecule has 3 aliphatic carbocycles. The summed E-state index contributed by atoms with van der Waals surface area (Å²) in [5.74, 6) is 1.51. The molecule has 2 fully saturated rings. The van der Waals surface area contributed by atoms with Crippen molar-refractivity contribution in [3.8, 4) is 11.5 Å². The van der Waals surface area contributed by atoms with E-state index in [9.17, 15) is 10.2 Å². The lowest BCUT2D eigenvalue weighted by molar-refractivity contribution is -0.173. The second-order valence-corrected chi connectivity index (χ2v) is 10.7. The van der Waals surface area contributed by atoms with E-state index >= 15 is 0 Å². The number of fused-ring (bicyclic) bond motifs is 4. The first kappa shape index (κ1) is 17.8. The zero-order valence-electron chi connectivity index (χ0n) is 17.9. The van der Waals surface area contributed by atoms with E-state index in [-0.39, 0.29) is 17.9 Å². The topological polar surface area (TPSA) is 94.7 Å². The summed E-state index contributed by atoms with van der Waals surface area (Å²) >= 11 is 0. The van der Waals surface area contributed by atoms with E-state index in [1.165, 1.54) is 18.4 Å². The second kappa shape index (κ2) is 5.43. The van der Waals surface area contributed by atoms with E-state index in [1.54, 1.807) is 6.07 Å². The van der Waals surface area contributed by atoms with Crippen molar-refractivity contribution in [2.24, 2.45) is 5.92 Å². The van der Waals surface area contributed by atoms with Crippen molar-refractivity contribution >= 4 is 16.6 Å². The molecule has 8 rings (SSSR count). The molecule has 2 aromatic carbocycles. The van der Waals surface area contributed by atoms with Gasteiger partial charge in [0.15, 0.2) is 17.6 Å². The van der Waals surface area contributed by atoms with Crippen molar-refractivity contribution in [3.63, 3.8) is 0 Å². The van der Waals surface area contributed by atoms with Gasteiger partial charge in [-0.05, 0) is 61.4 Å². The second-order valence-electron chi connectivity index (χ2n) is 10.7. The molecule has 6 heteroatoms. The Morgan fingerprint density at radius 1 is 1.22 bits per heavy atom. The molecular weight excluding hydrogens is 402 g/mol. The predicted molar refractivity (Wildman–Crippen MR) is 121 cm³/mol. The van der Waals surface area contributed by atoms with Gasteiger partial charge in [-0.1, -0.05) is 18.2 Å². The summed E-state index contributed by atoms with van der Waals surface area (Å²) in [6.45, 7) is 2.03. The molecule has 5 N–H and O–H groups in total. The summed E-state index contributed by atoms with van der Waals surface area (Å²) in [7, 11) is 0. The first-order valence-electron chi connectivity index (χ1n) is 11.9. The zero-order chi connectivity index (χ0) is 21.4. The summed E-state index contributed by atoms with van der Waals surface area (Å²) in [4.78, 5) is 6.14. The average molecular weight is 430 g/mol. The normalized spacial score (nSPS) is 34.3. The van der Waals surface area contributed by atoms with Crippen LogP contribution in [0, 0.1) is 5.92 Å². The summed E-state index contributed by atoms with van der Waals surface area (Å²) < 4.78 is 6.60. The maximum absolute atomic E-state index is 12.8. The van der Waals surface area contributed by atoms with Crippen LogP contribution in [0.5, 0.6) is 11.5 Å². The number of piperidine rings is 1. The molecule has 164 valence electrons. The van der Waals surface area contributed by atoms with Crippen molar-refractivity contribution in [1.29, 1.82) is 0 Å². The van der Waals surface area contributed by atoms with E-state index in [0.717, 1.165) is 59.6 Å². The highest BCUT2D eigenvalue weighted by atomic mass is 16.5. The van der Waals surface area contributed by atoms with Gasteiger partial charge in [0.05, 0.1) is 27.9 Å². The van der Waals surface area contributed by atoms with Gasteiger partial charge in [0, 0.05) is 30.0 Å². The monoisotopic (exact) mass is 429 g/mol. The SMILES string of the molecule is Nc1cccc2c3c([nH]c12)[C@@H]1Oc2c(O)ccc4c2[C@@]12CCN(CC1CC1)[C@H](C4)[C@]2(O)C3. The van der Waals surface area contributed by atoms with E-state index in [4.69, 9.17) is 10.5 Å². The molecule has 1 aromatic heterocycles. The number of phenolic OH excluding ortho intramolecular Hbond substituents is 1. The van der Waals surface area contributed by atoms with Crippen molar-refractivity contribution in [2.75, 3.05) is 18.8 Å². The summed E-state index contributed by atoms with van der Waals surface area (Å²) in [5, 5.41) is 24.6. The maximum Gasteiger partial charge on any atom is 0.166 e. The minimum absolute atomic E-state index is 0.0464. The molecule has 0 unspecified atom stereocenters. The Kier molecular flexibility index (Phi) is 3.02. The van der Waals surface area contributed by atoms with Gasteiger partial charge in [-0.25, -0.2) is 0 Å². The molecule has 0 amide bonds. The lowest BCUT2D eigenvalue weighted by Crippen LogP contribution is -2.74. The number of likely N-dealkylation sites (tertiary alicyclic amines) is 1. The molecule has 3 aromatic rings. The lowest BCUT2D eigenvalue weighted by Gasteiger charge is -2.62. The number of aromatic amines is 1. The highest BCUT2D eigenvalue weighted by Crippen LogP contribution is 2.69. The van der Waals surface area contributed by atoms with Crippen LogP contribution in [-0.4, -0.2) is 44.8 Å². The minimum Gasteiger partial charge on any atom is -0.504 e. The molecule has 1 saturated heterocycles. The Morgan fingerprint density at radius 2 is 2.09 bits per heavy atom. The highest BCUT2D eigenvalue weighted by molar-refractivity contribution is 5.94. The quantitative estimate of drug-likeness (QED) is 0.470. The smallest absolute Gasteiger partial charge is 0.166 e. The van der Waals surface area contributed by atoms with Gasteiger partial charge in [-0.2, -0.15) is 0 Å². The third-order valence-electron chi connectivity index (χ3n) is 9.23. The Morgan fingerprint density at radius 3 is 2.94 bits per heavy atom. The van der Waals surface area contributed by atoms with Crippen LogP contribution in [0.3, 0.4) is 0 Å². The van der Waals surface area contributed by atoms with Crippen molar-refractivity contribution in [1.82, 2.24) is 9.88 Å². The van der Waals surface area contributed by atoms with Gasteiger partial charge in [0.1, 0.15) is 0 Å². The first-order chi connectivity index (χ1) is 15.5. The van der Waals surface area contributed by atoms with Crippen LogP contribution in [-0.2, 0) is 18.3 Å². The molecule has 2 aliphatic heterocycles.